The van der Waals surface area contributed by atoms with Gasteiger partial charge in [-0.2, -0.15) is 13.2 Å². The maximum atomic E-state index is 13.0. The number of aromatic nitrogens is 1. The SMILES string of the molecule is Cc1cc(C(=O)CN2C(=O)NC(C)(c3ccccc3Br)C2=O)c(C)n1CC(F)(F)F. The van der Waals surface area contributed by atoms with Gasteiger partial charge in [0.2, 0.25) is 0 Å². The maximum Gasteiger partial charge on any atom is 0.406 e. The van der Waals surface area contributed by atoms with E-state index < -0.39 is 42.5 Å². The van der Waals surface area contributed by atoms with Gasteiger partial charge in [0, 0.05) is 27.0 Å². The first kappa shape index (κ1) is 22.1. The van der Waals surface area contributed by atoms with E-state index in [0.29, 0.717) is 10.0 Å². The number of carbonyl (C=O) groups excluding carboxylic acids is 3. The number of halogens is 4. The Kier molecular flexibility index (Phi) is 5.57. The normalized spacial score (nSPS) is 19.4. The summed E-state index contributed by atoms with van der Waals surface area (Å²) in [6.45, 7) is 2.62. The molecule has 1 N–H and O–H groups in total. The predicted molar refractivity (Wildman–Crippen MR) is 106 cm³/mol. The lowest BCUT2D eigenvalue weighted by molar-refractivity contribution is -0.141. The third-order valence-electron chi connectivity index (χ3n) is 5.20. The van der Waals surface area contributed by atoms with Crippen molar-refractivity contribution in [3.05, 3.63) is 57.3 Å². The average Bonchev–Trinajstić information content (AvgIpc) is 3.03. The molecule has 3 amide bonds. The van der Waals surface area contributed by atoms with Crippen LogP contribution in [0.1, 0.15) is 34.2 Å². The van der Waals surface area contributed by atoms with Crippen molar-refractivity contribution in [1.29, 1.82) is 0 Å². The second kappa shape index (κ2) is 7.57. The van der Waals surface area contributed by atoms with Crippen LogP contribution in [0.5, 0.6) is 0 Å². The van der Waals surface area contributed by atoms with Crippen molar-refractivity contribution < 1.29 is 27.6 Å². The lowest BCUT2D eigenvalue weighted by Crippen LogP contribution is -2.41. The molecule has 1 aliphatic rings. The van der Waals surface area contributed by atoms with Crippen LogP contribution in [0.2, 0.25) is 0 Å². The summed E-state index contributed by atoms with van der Waals surface area (Å²) in [5, 5.41) is 2.61. The zero-order valence-corrected chi connectivity index (χ0v) is 18.0. The Morgan fingerprint density at radius 1 is 1.20 bits per heavy atom. The molecule has 160 valence electrons. The highest BCUT2D eigenvalue weighted by atomic mass is 79.9. The molecule has 1 aromatic heterocycles. The fourth-order valence-electron chi connectivity index (χ4n) is 3.62. The van der Waals surface area contributed by atoms with Gasteiger partial charge in [0.1, 0.15) is 12.1 Å². The number of hydrogen-bond donors (Lipinski definition) is 1. The lowest BCUT2D eigenvalue weighted by Gasteiger charge is -2.23. The Labute approximate surface area is 179 Å². The van der Waals surface area contributed by atoms with Gasteiger partial charge in [0.25, 0.3) is 5.91 Å². The van der Waals surface area contributed by atoms with E-state index in [0.717, 1.165) is 9.47 Å². The van der Waals surface area contributed by atoms with E-state index >= 15 is 0 Å². The van der Waals surface area contributed by atoms with Gasteiger partial charge in [-0.25, -0.2) is 4.79 Å². The number of aryl methyl sites for hydroxylation is 1. The van der Waals surface area contributed by atoms with Crippen LogP contribution < -0.4 is 5.32 Å². The molecule has 0 aliphatic carbocycles. The molecule has 0 bridgehead atoms. The van der Waals surface area contributed by atoms with Gasteiger partial charge in [0.15, 0.2) is 5.78 Å². The van der Waals surface area contributed by atoms with E-state index in [1.165, 1.54) is 26.8 Å². The molecule has 1 fully saturated rings. The standard InChI is InChI=1S/C20H19BrF3N3O3/c1-11-8-13(12(2)27(11)10-20(22,23)24)16(28)9-26-17(29)19(3,25-18(26)30)14-6-4-5-7-15(14)21/h4-8H,9-10H2,1-3H3,(H,25,30). The van der Waals surface area contributed by atoms with Crippen LogP contribution in [0, 0.1) is 13.8 Å². The van der Waals surface area contributed by atoms with E-state index in [1.54, 1.807) is 24.3 Å². The molecule has 10 heteroatoms. The minimum Gasteiger partial charge on any atom is -0.339 e. The Hall–Kier alpha value is -2.62. The monoisotopic (exact) mass is 485 g/mol. The lowest BCUT2D eigenvalue weighted by atomic mass is 9.92. The first-order chi connectivity index (χ1) is 13.8. The van der Waals surface area contributed by atoms with Crippen molar-refractivity contribution >= 4 is 33.7 Å². The van der Waals surface area contributed by atoms with Crippen molar-refractivity contribution in [3.63, 3.8) is 0 Å². The fraction of sp³-hybridized carbons (Fsp3) is 0.350. The third-order valence-corrected chi connectivity index (χ3v) is 5.89. The third kappa shape index (κ3) is 3.88. The number of rotatable bonds is 5. The van der Waals surface area contributed by atoms with E-state index in [1.807, 2.05) is 0 Å². The van der Waals surface area contributed by atoms with Gasteiger partial charge in [0.05, 0.1) is 6.54 Å². The summed E-state index contributed by atoms with van der Waals surface area (Å²) in [6.07, 6.45) is -4.44. The number of benzene rings is 1. The molecule has 0 spiro atoms. The number of hydrogen-bond acceptors (Lipinski definition) is 3. The van der Waals surface area contributed by atoms with Gasteiger partial charge in [-0.1, -0.05) is 34.1 Å². The largest absolute Gasteiger partial charge is 0.406 e. The Morgan fingerprint density at radius 2 is 1.83 bits per heavy atom. The summed E-state index contributed by atoms with van der Waals surface area (Å²) in [4.78, 5) is 39.1. The minimum absolute atomic E-state index is 0.0480. The highest BCUT2D eigenvalue weighted by molar-refractivity contribution is 9.10. The van der Waals surface area contributed by atoms with Crippen molar-refractivity contribution in [2.75, 3.05) is 6.54 Å². The number of Topliss-reactive ketones (excluding diaryl/α,β-unsaturated/α-hetero) is 1. The molecule has 30 heavy (non-hydrogen) atoms. The average molecular weight is 486 g/mol. The number of imide groups is 1. The van der Waals surface area contributed by atoms with Gasteiger partial charge in [-0.15, -0.1) is 0 Å². The number of amides is 3. The molecule has 1 atom stereocenters. The van der Waals surface area contributed by atoms with Crippen LogP contribution >= 0.6 is 15.9 Å². The van der Waals surface area contributed by atoms with Gasteiger partial charge in [-0.05, 0) is 32.9 Å². The van der Waals surface area contributed by atoms with Crippen molar-refractivity contribution in [2.24, 2.45) is 0 Å². The highest BCUT2D eigenvalue weighted by Crippen LogP contribution is 2.34. The van der Waals surface area contributed by atoms with Crippen LogP contribution in [-0.2, 0) is 16.9 Å². The summed E-state index contributed by atoms with van der Waals surface area (Å²) in [5.74, 6) is -1.23. The molecule has 3 rings (SSSR count). The molecular weight excluding hydrogens is 467 g/mol. The molecule has 0 saturated carbocycles. The molecule has 1 aromatic carbocycles. The van der Waals surface area contributed by atoms with E-state index in [2.05, 4.69) is 21.2 Å². The molecule has 1 aliphatic heterocycles. The molecule has 2 heterocycles. The van der Waals surface area contributed by atoms with Crippen molar-refractivity contribution in [3.8, 4) is 0 Å². The smallest absolute Gasteiger partial charge is 0.339 e. The van der Waals surface area contributed by atoms with Crippen LogP contribution in [0.4, 0.5) is 18.0 Å². The van der Waals surface area contributed by atoms with Gasteiger partial charge in [-0.3, -0.25) is 14.5 Å². The zero-order chi connectivity index (χ0) is 22.4. The number of urea groups is 1. The quantitative estimate of drug-likeness (QED) is 0.512. The Bertz CT molecular complexity index is 1050. The molecule has 1 saturated heterocycles. The molecule has 0 radical (unpaired) electrons. The second-order valence-corrected chi connectivity index (χ2v) is 8.19. The summed E-state index contributed by atoms with van der Waals surface area (Å²) in [6, 6.07) is 7.48. The molecule has 1 unspecified atom stereocenters. The van der Waals surface area contributed by atoms with Crippen molar-refractivity contribution in [2.45, 2.75) is 39.0 Å². The van der Waals surface area contributed by atoms with Crippen LogP contribution in [0.3, 0.4) is 0 Å². The van der Waals surface area contributed by atoms with Crippen molar-refractivity contribution in [1.82, 2.24) is 14.8 Å². The van der Waals surface area contributed by atoms with E-state index in [4.69, 9.17) is 0 Å². The first-order valence-corrected chi connectivity index (χ1v) is 9.80. The van der Waals surface area contributed by atoms with E-state index in [-0.39, 0.29) is 17.0 Å². The minimum atomic E-state index is -4.44. The first-order valence-electron chi connectivity index (χ1n) is 9.01. The zero-order valence-electron chi connectivity index (χ0n) is 16.4. The molecule has 2 aromatic rings. The Morgan fingerprint density at radius 3 is 2.43 bits per heavy atom. The Balaban J connectivity index is 1.86. The fourth-order valence-corrected chi connectivity index (χ4v) is 4.31. The van der Waals surface area contributed by atoms with Crippen LogP contribution in [-0.4, -0.2) is 39.9 Å². The van der Waals surface area contributed by atoms with E-state index in [9.17, 15) is 27.6 Å². The summed E-state index contributed by atoms with van der Waals surface area (Å²) < 4.78 is 40.0. The number of carbonyl (C=O) groups is 3. The second-order valence-electron chi connectivity index (χ2n) is 7.34. The number of nitrogens with zero attached hydrogens (tertiary/aromatic N) is 2. The van der Waals surface area contributed by atoms with Gasteiger partial charge >= 0.3 is 12.2 Å². The summed E-state index contributed by atoms with van der Waals surface area (Å²) in [7, 11) is 0. The molecular formula is C20H19BrF3N3O3. The number of alkyl halides is 3. The van der Waals surface area contributed by atoms with Crippen LogP contribution in [0.25, 0.3) is 0 Å². The predicted octanol–water partition coefficient (Wildman–Crippen LogP) is 4.08. The van der Waals surface area contributed by atoms with Gasteiger partial charge < -0.3 is 9.88 Å². The highest BCUT2D eigenvalue weighted by Gasteiger charge is 2.50. The number of nitrogens with one attached hydrogen (secondary N) is 1. The summed E-state index contributed by atoms with van der Waals surface area (Å²) in [5.41, 5.74) is -0.391. The van der Waals surface area contributed by atoms with Crippen LogP contribution in [0.15, 0.2) is 34.8 Å². The molecule has 6 nitrogen and oxygen atoms in total. The topological polar surface area (TPSA) is 71.4 Å². The number of ketones is 1. The summed E-state index contributed by atoms with van der Waals surface area (Å²) >= 11 is 3.36. The maximum absolute atomic E-state index is 13.0.